The molecule has 1 aromatic heterocycles. The molecule has 2 rings (SSSR count). The normalized spacial score (nSPS) is 10.6. The Morgan fingerprint density at radius 1 is 1.41 bits per heavy atom. The first kappa shape index (κ1) is 11.1. The molecule has 0 bridgehead atoms. The first-order valence-corrected chi connectivity index (χ1v) is 5.24. The van der Waals surface area contributed by atoms with E-state index in [0.29, 0.717) is 11.6 Å². The Bertz CT molecular complexity index is 530. The van der Waals surface area contributed by atoms with Crippen LogP contribution in [0.2, 0.25) is 0 Å². The van der Waals surface area contributed by atoms with Gasteiger partial charge in [-0.05, 0) is 25.1 Å². The van der Waals surface area contributed by atoms with Crippen molar-refractivity contribution in [2.75, 3.05) is 5.32 Å². The highest BCUT2D eigenvalue weighted by atomic mass is 16.3. The van der Waals surface area contributed by atoms with E-state index in [0.717, 1.165) is 5.56 Å². The van der Waals surface area contributed by atoms with Crippen LogP contribution >= 0.6 is 0 Å². The van der Waals surface area contributed by atoms with Crippen LogP contribution in [0.25, 0.3) is 11.5 Å². The van der Waals surface area contributed by atoms with Crippen molar-refractivity contribution in [3.8, 4) is 11.5 Å². The second-order valence-corrected chi connectivity index (χ2v) is 3.37. The number of rotatable bonds is 3. The summed E-state index contributed by atoms with van der Waals surface area (Å²) in [5.41, 5.74) is 1.44. The number of amides is 1. The van der Waals surface area contributed by atoms with E-state index in [1.54, 1.807) is 25.3 Å². The Balaban J connectivity index is 2.32. The lowest BCUT2D eigenvalue weighted by atomic mass is 10.1. The van der Waals surface area contributed by atoms with E-state index in [9.17, 15) is 4.79 Å². The Morgan fingerprint density at radius 2 is 2.24 bits per heavy atom. The van der Waals surface area contributed by atoms with Crippen molar-refractivity contribution in [3.05, 3.63) is 48.9 Å². The van der Waals surface area contributed by atoms with Gasteiger partial charge in [-0.2, -0.15) is 0 Å². The highest BCUT2D eigenvalue weighted by Crippen LogP contribution is 2.26. The summed E-state index contributed by atoms with van der Waals surface area (Å²) in [6.07, 6.45) is 6.22. The quantitative estimate of drug-likeness (QED) is 0.822. The van der Waals surface area contributed by atoms with Gasteiger partial charge in [-0.25, -0.2) is 4.98 Å². The molecular weight excluding hydrogens is 216 g/mol. The van der Waals surface area contributed by atoms with Crippen LogP contribution in [-0.2, 0) is 4.79 Å². The molecule has 1 heterocycles. The van der Waals surface area contributed by atoms with E-state index < -0.39 is 0 Å². The molecule has 0 saturated heterocycles. The number of nitrogens with one attached hydrogen (secondary N) is 1. The fraction of sp³-hybridized carbons (Fsp3) is 0.0769. The predicted octanol–water partition coefficient (Wildman–Crippen LogP) is 2.86. The van der Waals surface area contributed by atoms with Crippen LogP contribution in [0, 0.1) is 0 Å². The molecule has 0 fully saturated rings. The average Bonchev–Trinajstić information content (AvgIpc) is 2.83. The molecule has 4 nitrogen and oxygen atoms in total. The van der Waals surface area contributed by atoms with Gasteiger partial charge in [-0.15, -0.1) is 0 Å². The molecule has 2 aromatic rings. The number of aromatic nitrogens is 1. The predicted molar refractivity (Wildman–Crippen MR) is 65.4 cm³/mol. The van der Waals surface area contributed by atoms with Crippen LogP contribution in [0.5, 0.6) is 0 Å². The van der Waals surface area contributed by atoms with Crippen molar-refractivity contribution in [2.24, 2.45) is 0 Å². The zero-order chi connectivity index (χ0) is 12.1. The van der Waals surface area contributed by atoms with Gasteiger partial charge in [0, 0.05) is 0 Å². The highest BCUT2D eigenvalue weighted by Gasteiger charge is 2.09. The number of carbonyl (C=O) groups is 1. The molecule has 1 aromatic carbocycles. The maximum Gasteiger partial charge on any atom is 0.248 e. The minimum absolute atomic E-state index is 0.175. The van der Waals surface area contributed by atoms with Gasteiger partial charge in [0.15, 0.2) is 0 Å². The van der Waals surface area contributed by atoms with Crippen LogP contribution in [0.15, 0.2) is 53.3 Å². The second-order valence-electron chi connectivity index (χ2n) is 3.37. The maximum atomic E-state index is 11.5. The van der Waals surface area contributed by atoms with Crippen molar-refractivity contribution in [2.45, 2.75) is 6.92 Å². The second kappa shape index (κ2) is 5.12. The molecule has 0 radical (unpaired) electrons. The van der Waals surface area contributed by atoms with E-state index in [1.807, 2.05) is 18.2 Å². The van der Waals surface area contributed by atoms with Gasteiger partial charge in [0.2, 0.25) is 11.8 Å². The van der Waals surface area contributed by atoms with Gasteiger partial charge in [-0.1, -0.05) is 18.2 Å². The number of carbonyl (C=O) groups excluding carboxylic acids is 1. The van der Waals surface area contributed by atoms with Gasteiger partial charge < -0.3 is 9.73 Å². The molecule has 0 unspecified atom stereocenters. The zero-order valence-electron chi connectivity index (χ0n) is 9.38. The summed E-state index contributed by atoms with van der Waals surface area (Å²) in [6, 6.07) is 7.36. The van der Waals surface area contributed by atoms with E-state index in [2.05, 4.69) is 10.3 Å². The minimum atomic E-state index is -0.175. The lowest BCUT2D eigenvalue weighted by Crippen LogP contribution is -2.08. The van der Waals surface area contributed by atoms with Crippen molar-refractivity contribution >= 4 is 11.6 Å². The number of hydrogen-bond acceptors (Lipinski definition) is 3. The lowest BCUT2D eigenvalue weighted by Gasteiger charge is -2.06. The van der Waals surface area contributed by atoms with Gasteiger partial charge >= 0.3 is 0 Å². The van der Waals surface area contributed by atoms with Crippen molar-refractivity contribution < 1.29 is 9.21 Å². The molecule has 1 amide bonds. The van der Waals surface area contributed by atoms with Crippen molar-refractivity contribution in [1.82, 2.24) is 4.98 Å². The van der Waals surface area contributed by atoms with Gasteiger partial charge in [0.25, 0.3) is 0 Å². The smallest absolute Gasteiger partial charge is 0.248 e. The topological polar surface area (TPSA) is 55.1 Å². The first-order valence-electron chi connectivity index (χ1n) is 5.24. The third kappa shape index (κ3) is 2.60. The number of hydrogen-bond donors (Lipinski definition) is 1. The van der Waals surface area contributed by atoms with Gasteiger partial charge in [-0.3, -0.25) is 4.79 Å². The monoisotopic (exact) mass is 228 g/mol. The summed E-state index contributed by atoms with van der Waals surface area (Å²) in [5.74, 6) is 0.313. The zero-order valence-corrected chi connectivity index (χ0v) is 9.38. The fourth-order valence-electron chi connectivity index (χ4n) is 1.46. The number of benzene rings is 1. The van der Waals surface area contributed by atoms with E-state index in [1.165, 1.54) is 12.3 Å². The number of oxazole rings is 1. The molecular formula is C13H12N2O2. The fourth-order valence-corrected chi connectivity index (χ4v) is 1.46. The Morgan fingerprint density at radius 3 is 2.94 bits per heavy atom. The summed E-state index contributed by atoms with van der Waals surface area (Å²) in [5, 5.41) is 2.77. The molecule has 17 heavy (non-hydrogen) atoms. The SMILES string of the molecule is CC=CC(=O)Nc1ccccc1-c1ncco1. The summed E-state index contributed by atoms with van der Waals surface area (Å²) in [4.78, 5) is 15.5. The molecule has 0 atom stereocenters. The lowest BCUT2D eigenvalue weighted by molar-refractivity contribution is -0.111. The Labute approximate surface area is 99.0 Å². The molecule has 0 spiro atoms. The summed E-state index contributed by atoms with van der Waals surface area (Å²) >= 11 is 0. The van der Waals surface area contributed by atoms with Crippen molar-refractivity contribution in [1.29, 1.82) is 0 Å². The number of anilines is 1. The van der Waals surface area contributed by atoms with Gasteiger partial charge in [0.05, 0.1) is 17.4 Å². The molecule has 4 heteroatoms. The Hall–Kier alpha value is -2.36. The first-order chi connectivity index (χ1) is 8.31. The minimum Gasteiger partial charge on any atom is -0.444 e. The summed E-state index contributed by atoms with van der Waals surface area (Å²) in [7, 11) is 0. The molecule has 0 aliphatic rings. The average molecular weight is 228 g/mol. The third-order valence-corrected chi connectivity index (χ3v) is 2.17. The molecule has 0 aliphatic heterocycles. The van der Waals surface area contributed by atoms with Gasteiger partial charge in [0.1, 0.15) is 6.26 Å². The standard InChI is InChI=1S/C13H12N2O2/c1-2-5-12(16)15-11-7-4-3-6-10(11)13-14-8-9-17-13/h2-9H,1H3,(H,15,16). The van der Waals surface area contributed by atoms with E-state index in [-0.39, 0.29) is 5.91 Å². The van der Waals surface area contributed by atoms with Crippen LogP contribution in [0.3, 0.4) is 0 Å². The Kier molecular flexibility index (Phi) is 3.35. The summed E-state index contributed by atoms with van der Waals surface area (Å²) < 4.78 is 5.22. The number of nitrogens with zero attached hydrogens (tertiary/aromatic N) is 1. The molecule has 1 N–H and O–H groups in total. The number of para-hydroxylation sites is 1. The van der Waals surface area contributed by atoms with E-state index in [4.69, 9.17) is 4.42 Å². The summed E-state index contributed by atoms with van der Waals surface area (Å²) in [6.45, 7) is 1.79. The molecule has 0 aliphatic carbocycles. The van der Waals surface area contributed by atoms with Crippen LogP contribution in [0.4, 0.5) is 5.69 Å². The van der Waals surface area contributed by atoms with E-state index >= 15 is 0 Å². The molecule has 0 saturated carbocycles. The largest absolute Gasteiger partial charge is 0.444 e. The third-order valence-electron chi connectivity index (χ3n) is 2.17. The molecule has 86 valence electrons. The maximum absolute atomic E-state index is 11.5. The van der Waals surface area contributed by atoms with Crippen LogP contribution in [-0.4, -0.2) is 10.9 Å². The van der Waals surface area contributed by atoms with Crippen LogP contribution in [0.1, 0.15) is 6.92 Å². The number of allylic oxidation sites excluding steroid dienone is 1. The highest BCUT2D eigenvalue weighted by molar-refractivity contribution is 6.01. The van der Waals surface area contributed by atoms with Crippen molar-refractivity contribution in [3.63, 3.8) is 0 Å². The van der Waals surface area contributed by atoms with Crippen LogP contribution < -0.4 is 5.32 Å².